The van der Waals surface area contributed by atoms with Crippen molar-refractivity contribution >= 4 is 11.6 Å². The molecule has 3 rings (SSSR count). The number of amides is 1. The molecule has 0 aliphatic rings. The molecule has 1 N–H and O–H groups in total. The Labute approximate surface area is 160 Å². The summed E-state index contributed by atoms with van der Waals surface area (Å²) in [7, 11) is 1.52. The standard InChI is InChI=1S/C20H20FN3O4/c1-13(12-28-2)24(11-14-5-7-15(21)8-6-14)20(27)16-10-22-18-17(25)4-3-9-23(18)19(16)26/h3-10,13,25H,11-12H2,1-2H3. The van der Waals surface area contributed by atoms with Gasteiger partial charge in [0.25, 0.3) is 11.5 Å². The third kappa shape index (κ3) is 3.86. The largest absolute Gasteiger partial charge is 0.504 e. The number of rotatable bonds is 6. The Kier molecular flexibility index (Phi) is 5.70. The lowest BCUT2D eigenvalue weighted by atomic mass is 10.1. The van der Waals surface area contributed by atoms with Crippen molar-refractivity contribution in [2.75, 3.05) is 13.7 Å². The first-order chi connectivity index (χ1) is 13.4. The molecule has 28 heavy (non-hydrogen) atoms. The van der Waals surface area contributed by atoms with Crippen LogP contribution in [0.5, 0.6) is 5.75 Å². The van der Waals surface area contributed by atoms with E-state index in [2.05, 4.69) is 4.98 Å². The molecule has 0 aliphatic heterocycles. The van der Waals surface area contributed by atoms with Crippen molar-refractivity contribution in [1.82, 2.24) is 14.3 Å². The molecule has 3 aromatic rings. The van der Waals surface area contributed by atoms with Crippen molar-refractivity contribution in [3.63, 3.8) is 0 Å². The van der Waals surface area contributed by atoms with E-state index in [-0.39, 0.29) is 42.0 Å². The molecular weight excluding hydrogens is 365 g/mol. The average molecular weight is 385 g/mol. The number of fused-ring (bicyclic) bond motifs is 1. The number of halogens is 1. The number of hydrogen-bond donors (Lipinski definition) is 1. The molecule has 2 heterocycles. The molecule has 7 nitrogen and oxygen atoms in total. The summed E-state index contributed by atoms with van der Waals surface area (Å²) in [5, 5.41) is 9.85. The summed E-state index contributed by atoms with van der Waals surface area (Å²) < 4.78 is 19.5. The first-order valence-electron chi connectivity index (χ1n) is 8.66. The van der Waals surface area contributed by atoms with E-state index in [9.17, 15) is 19.1 Å². The highest BCUT2D eigenvalue weighted by Gasteiger charge is 2.25. The summed E-state index contributed by atoms with van der Waals surface area (Å²) in [5.41, 5.74) is 0.0658. The molecule has 0 saturated heterocycles. The second-order valence-corrected chi connectivity index (χ2v) is 6.43. The molecule has 1 aromatic carbocycles. The van der Waals surface area contributed by atoms with Gasteiger partial charge in [0.05, 0.1) is 12.6 Å². The van der Waals surface area contributed by atoms with Crippen molar-refractivity contribution in [2.45, 2.75) is 19.5 Å². The fraction of sp³-hybridized carbons (Fsp3) is 0.250. The lowest BCUT2D eigenvalue weighted by Gasteiger charge is -2.29. The number of hydrogen-bond acceptors (Lipinski definition) is 5. The van der Waals surface area contributed by atoms with Crippen LogP contribution in [0.25, 0.3) is 5.65 Å². The van der Waals surface area contributed by atoms with Crippen LogP contribution in [-0.4, -0.2) is 45.1 Å². The Morgan fingerprint density at radius 1 is 1.32 bits per heavy atom. The maximum absolute atomic E-state index is 13.2. The number of methoxy groups -OCH3 is 1. The summed E-state index contributed by atoms with van der Waals surface area (Å²) in [5.74, 6) is -1.05. The zero-order valence-electron chi connectivity index (χ0n) is 15.5. The topological polar surface area (TPSA) is 84.1 Å². The van der Waals surface area contributed by atoms with Crippen LogP contribution in [0.1, 0.15) is 22.8 Å². The minimum atomic E-state index is -0.584. The summed E-state index contributed by atoms with van der Waals surface area (Å²) in [6.07, 6.45) is 2.60. The number of ether oxygens (including phenoxy) is 1. The van der Waals surface area contributed by atoms with Gasteiger partial charge in [-0.25, -0.2) is 9.37 Å². The number of pyridine rings is 1. The highest BCUT2D eigenvalue weighted by Crippen LogP contribution is 2.16. The molecule has 0 bridgehead atoms. The van der Waals surface area contributed by atoms with Crippen LogP contribution in [0, 0.1) is 5.82 Å². The van der Waals surface area contributed by atoms with Gasteiger partial charge in [-0.15, -0.1) is 0 Å². The first kappa shape index (κ1) is 19.5. The quantitative estimate of drug-likeness (QED) is 0.703. The van der Waals surface area contributed by atoms with Gasteiger partial charge in [0, 0.05) is 26.0 Å². The van der Waals surface area contributed by atoms with Gasteiger partial charge in [0.2, 0.25) is 0 Å². The second-order valence-electron chi connectivity index (χ2n) is 6.43. The van der Waals surface area contributed by atoms with E-state index in [1.165, 1.54) is 42.5 Å². The number of nitrogens with zero attached hydrogens (tertiary/aromatic N) is 3. The fourth-order valence-corrected chi connectivity index (χ4v) is 2.94. The van der Waals surface area contributed by atoms with E-state index < -0.39 is 11.5 Å². The Morgan fingerprint density at radius 3 is 2.71 bits per heavy atom. The molecule has 1 unspecified atom stereocenters. The molecule has 0 spiro atoms. The number of aromatic nitrogens is 2. The van der Waals surface area contributed by atoms with Crippen LogP contribution in [0.15, 0.2) is 53.6 Å². The summed E-state index contributed by atoms with van der Waals surface area (Å²) in [6, 6.07) is 8.35. The second kappa shape index (κ2) is 8.18. The van der Waals surface area contributed by atoms with Crippen molar-refractivity contribution < 1.29 is 19.0 Å². The van der Waals surface area contributed by atoms with Crippen LogP contribution in [0.4, 0.5) is 4.39 Å². The van der Waals surface area contributed by atoms with Gasteiger partial charge in [-0.2, -0.15) is 0 Å². The predicted molar refractivity (Wildman–Crippen MR) is 101 cm³/mol. The van der Waals surface area contributed by atoms with Crippen molar-refractivity contribution in [3.05, 3.63) is 76.1 Å². The minimum Gasteiger partial charge on any atom is -0.504 e. The fourth-order valence-electron chi connectivity index (χ4n) is 2.94. The van der Waals surface area contributed by atoms with Crippen molar-refractivity contribution in [3.8, 4) is 5.75 Å². The summed E-state index contributed by atoms with van der Waals surface area (Å²) in [6.45, 7) is 2.23. The Bertz CT molecular complexity index is 1050. The van der Waals surface area contributed by atoms with Crippen LogP contribution in [-0.2, 0) is 11.3 Å². The SMILES string of the molecule is COCC(C)N(Cc1ccc(F)cc1)C(=O)c1cnc2c(O)cccn2c1=O. The van der Waals surface area contributed by atoms with Crippen molar-refractivity contribution in [2.24, 2.45) is 0 Å². The lowest BCUT2D eigenvalue weighted by Crippen LogP contribution is -2.43. The Hall–Kier alpha value is -3.26. The van der Waals surface area contributed by atoms with Gasteiger partial charge in [-0.05, 0) is 36.8 Å². The van der Waals surface area contributed by atoms with Gasteiger partial charge in [-0.3, -0.25) is 14.0 Å². The average Bonchev–Trinajstić information content (AvgIpc) is 2.68. The highest BCUT2D eigenvalue weighted by molar-refractivity contribution is 5.94. The molecule has 0 saturated carbocycles. The van der Waals surface area contributed by atoms with E-state index >= 15 is 0 Å². The minimum absolute atomic E-state index is 0.0686. The van der Waals surface area contributed by atoms with E-state index in [0.29, 0.717) is 5.56 Å². The molecule has 1 atom stereocenters. The van der Waals surface area contributed by atoms with E-state index in [1.54, 1.807) is 19.1 Å². The Balaban J connectivity index is 2.01. The van der Waals surface area contributed by atoms with Crippen molar-refractivity contribution in [1.29, 1.82) is 0 Å². The zero-order valence-corrected chi connectivity index (χ0v) is 15.5. The molecule has 0 fully saturated rings. The lowest BCUT2D eigenvalue weighted by molar-refractivity contribution is 0.0540. The van der Waals surface area contributed by atoms with Gasteiger partial charge < -0.3 is 14.7 Å². The van der Waals surface area contributed by atoms with Gasteiger partial charge in [0.1, 0.15) is 11.4 Å². The predicted octanol–water partition coefficient (Wildman–Crippen LogP) is 2.22. The maximum atomic E-state index is 13.2. The van der Waals surface area contributed by atoms with E-state index in [0.717, 1.165) is 10.6 Å². The maximum Gasteiger partial charge on any atom is 0.270 e. The van der Waals surface area contributed by atoms with Gasteiger partial charge >= 0.3 is 0 Å². The molecule has 1 amide bonds. The van der Waals surface area contributed by atoms with Crippen LogP contribution in [0.3, 0.4) is 0 Å². The number of carbonyl (C=O) groups excluding carboxylic acids is 1. The smallest absolute Gasteiger partial charge is 0.270 e. The molecule has 146 valence electrons. The number of benzene rings is 1. The number of aromatic hydroxyl groups is 1. The van der Waals surface area contributed by atoms with E-state index in [4.69, 9.17) is 4.74 Å². The van der Waals surface area contributed by atoms with Crippen LogP contribution < -0.4 is 5.56 Å². The van der Waals surface area contributed by atoms with Gasteiger partial charge in [0.15, 0.2) is 11.4 Å². The van der Waals surface area contributed by atoms with Crippen LogP contribution >= 0.6 is 0 Å². The highest BCUT2D eigenvalue weighted by atomic mass is 19.1. The molecular formula is C20H20FN3O4. The summed E-state index contributed by atoms with van der Waals surface area (Å²) in [4.78, 5) is 31.5. The molecule has 8 heteroatoms. The monoisotopic (exact) mass is 385 g/mol. The molecule has 2 aromatic heterocycles. The normalized spacial score (nSPS) is 12.1. The zero-order chi connectivity index (χ0) is 20.3. The first-order valence-corrected chi connectivity index (χ1v) is 8.66. The molecule has 0 aliphatic carbocycles. The Morgan fingerprint density at radius 2 is 2.04 bits per heavy atom. The van der Waals surface area contributed by atoms with E-state index in [1.807, 2.05) is 0 Å². The van der Waals surface area contributed by atoms with Crippen LogP contribution in [0.2, 0.25) is 0 Å². The third-order valence-corrected chi connectivity index (χ3v) is 4.41. The number of carbonyl (C=O) groups is 1. The third-order valence-electron chi connectivity index (χ3n) is 4.41. The summed E-state index contributed by atoms with van der Waals surface area (Å²) >= 11 is 0. The van der Waals surface area contributed by atoms with Gasteiger partial charge in [-0.1, -0.05) is 12.1 Å². The molecule has 0 radical (unpaired) electrons.